The van der Waals surface area contributed by atoms with Crippen LogP contribution >= 0.6 is 0 Å². The molecule has 0 amide bonds. The second kappa shape index (κ2) is 4.80. The number of carbonyl (C=O) groups is 1. The predicted octanol–water partition coefficient (Wildman–Crippen LogP) is 0.994. The molecule has 0 aromatic carbocycles. The van der Waals surface area contributed by atoms with E-state index in [9.17, 15) is 14.7 Å². The standard InChI is InChI=1S/C12H17N3O3/c1-2-4-12(11(17)18)5-3-6-15(12)9-7-10(16)14-8-13-9/h7-8H,2-6H2,1H3,(H,17,18)(H,13,14,16). The van der Waals surface area contributed by atoms with Crippen LogP contribution in [-0.4, -0.2) is 33.1 Å². The van der Waals surface area contributed by atoms with Crippen molar-refractivity contribution >= 4 is 11.8 Å². The maximum Gasteiger partial charge on any atom is 0.329 e. The lowest BCUT2D eigenvalue weighted by Crippen LogP contribution is -2.51. The summed E-state index contributed by atoms with van der Waals surface area (Å²) in [6.45, 7) is 2.59. The molecule has 1 unspecified atom stereocenters. The largest absolute Gasteiger partial charge is 0.479 e. The molecule has 6 nitrogen and oxygen atoms in total. The van der Waals surface area contributed by atoms with E-state index in [2.05, 4.69) is 9.97 Å². The van der Waals surface area contributed by atoms with Crippen LogP contribution in [0.25, 0.3) is 0 Å². The molecular weight excluding hydrogens is 234 g/mol. The van der Waals surface area contributed by atoms with Gasteiger partial charge in [-0.1, -0.05) is 13.3 Å². The van der Waals surface area contributed by atoms with Gasteiger partial charge < -0.3 is 15.0 Å². The molecule has 0 radical (unpaired) electrons. The van der Waals surface area contributed by atoms with E-state index in [4.69, 9.17) is 0 Å². The highest BCUT2D eigenvalue weighted by Crippen LogP contribution is 2.36. The summed E-state index contributed by atoms with van der Waals surface area (Å²) in [5.74, 6) is -0.379. The lowest BCUT2D eigenvalue weighted by Gasteiger charge is -2.35. The first-order chi connectivity index (χ1) is 8.60. The highest BCUT2D eigenvalue weighted by molar-refractivity contribution is 5.84. The quantitative estimate of drug-likeness (QED) is 0.833. The zero-order chi connectivity index (χ0) is 13.2. The van der Waals surface area contributed by atoms with Crippen molar-refractivity contribution in [3.63, 3.8) is 0 Å². The van der Waals surface area contributed by atoms with E-state index in [0.29, 0.717) is 25.2 Å². The summed E-state index contributed by atoms with van der Waals surface area (Å²) in [5.41, 5.74) is -1.17. The molecule has 2 heterocycles. The minimum atomic E-state index is -0.907. The zero-order valence-electron chi connectivity index (χ0n) is 10.3. The first-order valence-corrected chi connectivity index (χ1v) is 6.16. The van der Waals surface area contributed by atoms with Gasteiger partial charge in [0.05, 0.1) is 6.33 Å². The summed E-state index contributed by atoms with van der Waals surface area (Å²) < 4.78 is 0. The maximum atomic E-state index is 11.6. The van der Waals surface area contributed by atoms with Gasteiger partial charge in [0.2, 0.25) is 0 Å². The van der Waals surface area contributed by atoms with Crippen LogP contribution in [0.4, 0.5) is 5.82 Å². The number of nitrogens with zero attached hydrogens (tertiary/aromatic N) is 2. The van der Waals surface area contributed by atoms with Gasteiger partial charge in [0, 0.05) is 12.6 Å². The molecule has 1 atom stereocenters. The molecule has 2 rings (SSSR count). The Labute approximate surface area is 105 Å². The Morgan fingerprint density at radius 1 is 1.67 bits per heavy atom. The monoisotopic (exact) mass is 251 g/mol. The van der Waals surface area contributed by atoms with E-state index >= 15 is 0 Å². The van der Waals surface area contributed by atoms with E-state index in [0.717, 1.165) is 12.8 Å². The fraction of sp³-hybridized carbons (Fsp3) is 0.583. The van der Waals surface area contributed by atoms with Crippen LogP contribution in [0.3, 0.4) is 0 Å². The Balaban J connectivity index is 2.42. The van der Waals surface area contributed by atoms with Crippen LogP contribution in [0.15, 0.2) is 17.2 Å². The van der Waals surface area contributed by atoms with E-state index in [1.165, 1.54) is 12.4 Å². The number of hydrogen-bond acceptors (Lipinski definition) is 4. The minimum Gasteiger partial charge on any atom is -0.479 e. The predicted molar refractivity (Wildman–Crippen MR) is 66.7 cm³/mol. The average molecular weight is 251 g/mol. The lowest BCUT2D eigenvalue weighted by atomic mass is 9.90. The highest BCUT2D eigenvalue weighted by Gasteiger charge is 2.47. The van der Waals surface area contributed by atoms with Gasteiger partial charge in [0.15, 0.2) is 0 Å². The fourth-order valence-corrected chi connectivity index (χ4v) is 2.72. The number of nitrogens with one attached hydrogen (secondary N) is 1. The molecule has 1 aliphatic heterocycles. The maximum absolute atomic E-state index is 11.6. The number of carboxylic acid groups (broad SMARTS) is 1. The Hall–Kier alpha value is -1.85. The van der Waals surface area contributed by atoms with Gasteiger partial charge in [-0.3, -0.25) is 4.79 Å². The van der Waals surface area contributed by atoms with Crippen molar-refractivity contribution in [1.82, 2.24) is 9.97 Å². The second-order valence-corrected chi connectivity index (χ2v) is 4.61. The lowest BCUT2D eigenvalue weighted by molar-refractivity contribution is -0.143. The Morgan fingerprint density at radius 2 is 2.44 bits per heavy atom. The third kappa shape index (κ3) is 1.98. The van der Waals surface area contributed by atoms with Gasteiger partial charge in [0.25, 0.3) is 5.56 Å². The van der Waals surface area contributed by atoms with Gasteiger partial charge >= 0.3 is 5.97 Å². The van der Waals surface area contributed by atoms with Crippen LogP contribution in [0.2, 0.25) is 0 Å². The first kappa shape index (κ1) is 12.6. The van der Waals surface area contributed by atoms with Crippen molar-refractivity contribution in [2.24, 2.45) is 0 Å². The van der Waals surface area contributed by atoms with Crippen molar-refractivity contribution in [2.75, 3.05) is 11.4 Å². The van der Waals surface area contributed by atoms with Crippen molar-refractivity contribution < 1.29 is 9.90 Å². The molecule has 2 N–H and O–H groups in total. The molecule has 1 aromatic rings. The molecule has 0 bridgehead atoms. The number of anilines is 1. The molecular formula is C12H17N3O3. The van der Waals surface area contributed by atoms with Crippen molar-refractivity contribution in [3.8, 4) is 0 Å². The van der Waals surface area contributed by atoms with Gasteiger partial charge in [-0.25, -0.2) is 9.78 Å². The summed E-state index contributed by atoms with van der Waals surface area (Å²) in [6.07, 6.45) is 4.07. The molecule has 18 heavy (non-hydrogen) atoms. The molecule has 1 aliphatic rings. The van der Waals surface area contributed by atoms with Crippen LogP contribution in [0, 0.1) is 0 Å². The van der Waals surface area contributed by atoms with Crippen molar-refractivity contribution in [1.29, 1.82) is 0 Å². The Bertz CT molecular complexity index is 499. The van der Waals surface area contributed by atoms with Gasteiger partial charge in [-0.05, 0) is 19.3 Å². The summed E-state index contributed by atoms with van der Waals surface area (Å²) in [4.78, 5) is 31.2. The van der Waals surface area contributed by atoms with Gasteiger partial charge in [-0.15, -0.1) is 0 Å². The summed E-state index contributed by atoms with van der Waals surface area (Å²) >= 11 is 0. The number of H-pyrrole nitrogens is 1. The normalized spacial score (nSPS) is 23.3. The van der Waals surface area contributed by atoms with E-state index in [1.54, 1.807) is 4.90 Å². The number of hydrogen-bond donors (Lipinski definition) is 2. The van der Waals surface area contributed by atoms with Crippen molar-refractivity contribution in [2.45, 2.75) is 38.1 Å². The van der Waals surface area contributed by atoms with Gasteiger partial charge in [-0.2, -0.15) is 0 Å². The zero-order valence-corrected chi connectivity index (χ0v) is 10.3. The second-order valence-electron chi connectivity index (χ2n) is 4.61. The molecule has 1 saturated heterocycles. The van der Waals surface area contributed by atoms with E-state index < -0.39 is 11.5 Å². The first-order valence-electron chi connectivity index (χ1n) is 6.16. The third-order valence-electron chi connectivity index (χ3n) is 3.49. The summed E-state index contributed by atoms with van der Waals surface area (Å²) in [5, 5.41) is 9.54. The molecule has 0 saturated carbocycles. The minimum absolute atomic E-state index is 0.261. The van der Waals surface area contributed by atoms with Crippen LogP contribution in [0.1, 0.15) is 32.6 Å². The SMILES string of the molecule is CCCC1(C(=O)O)CCCN1c1cc(=O)[nH]cn1. The number of aromatic amines is 1. The molecule has 0 spiro atoms. The van der Waals surface area contributed by atoms with Crippen LogP contribution < -0.4 is 10.5 Å². The highest BCUT2D eigenvalue weighted by atomic mass is 16.4. The summed E-state index contributed by atoms with van der Waals surface area (Å²) in [7, 11) is 0. The Morgan fingerprint density at radius 3 is 3.06 bits per heavy atom. The molecule has 1 aromatic heterocycles. The topological polar surface area (TPSA) is 86.3 Å². The van der Waals surface area contributed by atoms with Crippen LogP contribution in [-0.2, 0) is 4.79 Å². The Kier molecular flexibility index (Phi) is 3.36. The average Bonchev–Trinajstić information content (AvgIpc) is 2.74. The number of rotatable bonds is 4. The smallest absolute Gasteiger partial charge is 0.329 e. The molecule has 1 fully saturated rings. The molecule has 0 aliphatic carbocycles. The van der Waals surface area contributed by atoms with E-state index in [1.807, 2.05) is 6.92 Å². The third-order valence-corrected chi connectivity index (χ3v) is 3.49. The number of aliphatic carboxylic acids is 1. The van der Waals surface area contributed by atoms with Crippen LogP contribution in [0.5, 0.6) is 0 Å². The summed E-state index contributed by atoms with van der Waals surface area (Å²) in [6, 6.07) is 1.36. The van der Waals surface area contributed by atoms with Gasteiger partial charge in [0.1, 0.15) is 11.4 Å². The van der Waals surface area contributed by atoms with Crippen molar-refractivity contribution in [3.05, 3.63) is 22.7 Å². The number of aromatic nitrogens is 2. The fourth-order valence-electron chi connectivity index (χ4n) is 2.72. The van der Waals surface area contributed by atoms with E-state index in [-0.39, 0.29) is 5.56 Å². The molecule has 98 valence electrons. The number of carboxylic acids is 1. The molecule has 6 heteroatoms.